The van der Waals surface area contributed by atoms with Crippen LogP contribution in [-0.4, -0.2) is 69.8 Å². The van der Waals surface area contributed by atoms with Gasteiger partial charge in [0.15, 0.2) is 0 Å². The van der Waals surface area contributed by atoms with Gasteiger partial charge in [-0.05, 0) is 26.3 Å². The van der Waals surface area contributed by atoms with Gasteiger partial charge in [-0.15, -0.1) is 0 Å². The van der Waals surface area contributed by atoms with E-state index in [0.29, 0.717) is 13.1 Å². The van der Waals surface area contributed by atoms with Crippen LogP contribution in [0.4, 0.5) is 0 Å². The number of thioether (sulfide) groups is 1. The van der Waals surface area contributed by atoms with Gasteiger partial charge in [0.05, 0.1) is 0 Å². The van der Waals surface area contributed by atoms with Crippen molar-refractivity contribution in [2.45, 2.75) is 6.42 Å². The first-order valence-electron chi connectivity index (χ1n) is 5.28. The highest BCUT2D eigenvalue weighted by molar-refractivity contribution is 7.98. The lowest BCUT2D eigenvalue weighted by molar-refractivity contribution is 0.396. The summed E-state index contributed by atoms with van der Waals surface area (Å²) in [6.45, 7) is 1.93. The van der Waals surface area contributed by atoms with E-state index in [1.54, 1.807) is 25.9 Å². The minimum atomic E-state index is -3.27. The Balaban J connectivity index is 4.18. The fraction of sp³-hybridized carbons (Fsp3) is 1.00. The van der Waals surface area contributed by atoms with Gasteiger partial charge in [-0.25, -0.2) is 0 Å². The highest BCUT2D eigenvalue weighted by atomic mass is 32.2. The first-order chi connectivity index (χ1) is 7.46. The van der Waals surface area contributed by atoms with Crippen LogP contribution in [0.1, 0.15) is 6.42 Å². The molecule has 0 unspecified atom stereocenters. The Kier molecular flexibility index (Phi) is 8.39. The Hall–Kier alpha value is 0.180. The molecule has 0 aromatic carbocycles. The summed E-state index contributed by atoms with van der Waals surface area (Å²) < 4.78 is 26.7. The van der Waals surface area contributed by atoms with E-state index in [1.165, 1.54) is 8.61 Å². The molecule has 16 heavy (non-hydrogen) atoms. The van der Waals surface area contributed by atoms with Crippen molar-refractivity contribution in [1.82, 2.24) is 13.9 Å². The summed E-state index contributed by atoms with van der Waals surface area (Å²) in [5.74, 6) is 0.820. The molecule has 0 aliphatic heterocycles. The van der Waals surface area contributed by atoms with Crippen molar-refractivity contribution in [1.29, 1.82) is 0 Å². The van der Waals surface area contributed by atoms with E-state index in [2.05, 4.69) is 5.32 Å². The van der Waals surface area contributed by atoms with Gasteiger partial charge in [0.2, 0.25) is 0 Å². The third-order valence-electron chi connectivity index (χ3n) is 2.30. The third kappa shape index (κ3) is 5.49. The van der Waals surface area contributed by atoms with Gasteiger partial charge in [-0.3, -0.25) is 0 Å². The summed E-state index contributed by atoms with van der Waals surface area (Å²) in [7, 11) is 1.84. The predicted molar refractivity (Wildman–Crippen MR) is 71.1 cm³/mol. The van der Waals surface area contributed by atoms with Gasteiger partial charge >= 0.3 is 0 Å². The lowest BCUT2D eigenvalue weighted by Gasteiger charge is -2.24. The molecular weight excluding hydrogens is 246 g/mol. The van der Waals surface area contributed by atoms with Crippen molar-refractivity contribution >= 4 is 22.0 Å². The molecule has 0 aromatic rings. The topological polar surface area (TPSA) is 52.7 Å². The molecule has 7 heteroatoms. The van der Waals surface area contributed by atoms with E-state index < -0.39 is 10.2 Å². The van der Waals surface area contributed by atoms with Gasteiger partial charge < -0.3 is 5.32 Å². The number of nitrogens with one attached hydrogen (secondary N) is 1. The quantitative estimate of drug-likeness (QED) is 0.602. The van der Waals surface area contributed by atoms with Crippen LogP contribution in [0.25, 0.3) is 0 Å². The lowest BCUT2D eigenvalue weighted by atomic mass is 10.4. The number of hydrogen-bond acceptors (Lipinski definition) is 4. The van der Waals surface area contributed by atoms with Gasteiger partial charge in [0.1, 0.15) is 0 Å². The highest BCUT2D eigenvalue weighted by Gasteiger charge is 2.22. The van der Waals surface area contributed by atoms with Crippen molar-refractivity contribution in [3.05, 3.63) is 0 Å². The zero-order valence-electron chi connectivity index (χ0n) is 10.6. The maximum Gasteiger partial charge on any atom is 0.281 e. The van der Waals surface area contributed by atoms with Crippen LogP contribution < -0.4 is 5.32 Å². The molecule has 0 spiro atoms. The van der Waals surface area contributed by atoms with Crippen LogP contribution in [0.2, 0.25) is 0 Å². The second kappa shape index (κ2) is 8.30. The van der Waals surface area contributed by atoms with Crippen molar-refractivity contribution in [2.75, 3.05) is 52.8 Å². The van der Waals surface area contributed by atoms with Crippen molar-refractivity contribution in [3.8, 4) is 0 Å². The normalized spacial score (nSPS) is 12.6. The Bertz CT molecular complexity index is 270. The minimum absolute atomic E-state index is 0.548. The molecule has 0 saturated carbocycles. The Morgan fingerprint density at radius 2 is 1.75 bits per heavy atom. The molecule has 0 amide bonds. The standard InChI is InChI=1S/C9H23N3O2S2/c1-10-6-5-7-11(2)16(13,14)12(3)8-9-15-4/h10H,5-9H2,1-4H3. The van der Waals surface area contributed by atoms with Gasteiger partial charge in [0, 0.05) is 32.9 Å². The van der Waals surface area contributed by atoms with Crippen LogP contribution >= 0.6 is 11.8 Å². The molecule has 0 fully saturated rings. The molecule has 0 atom stereocenters. The molecule has 0 saturated heterocycles. The first kappa shape index (κ1) is 16.2. The monoisotopic (exact) mass is 269 g/mol. The molecule has 0 rings (SSSR count). The molecule has 0 radical (unpaired) electrons. The summed E-state index contributed by atoms with van der Waals surface area (Å²) in [5.41, 5.74) is 0. The number of hydrogen-bond donors (Lipinski definition) is 1. The summed E-state index contributed by atoms with van der Waals surface area (Å²) >= 11 is 1.64. The van der Waals surface area contributed by atoms with E-state index in [1.807, 2.05) is 13.3 Å². The fourth-order valence-corrected chi connectivity index (χ4v) is 2.90. The number of nitrogens with zero attached hydrogens (tertiary/aromatic N) is 2. The molecule has 0 heterocycles. The summed E-state index contributed by atoms with van der Waals surface area (Å²) in [6.07, 6.45) is 2.79. The van der Waals surface area contributed by atoms with Crippen LogP contribution in [0, 0.1) is 0 Å². The molecule has 0 aliphatic carbocycles. The molecule has 98 valence electrons. The Morgan fingerprint density at radius 1 is 1.19 bits per heavy atom. The second-order valence-corrected chi connectivity index (χ2v) is 6.73. The van der Waals surface area contributed by atoms with E-state index in [9.17, 15) is 8.42 Å². The number of rotatable bonds is 9. The van der Waals surface area contributed by atoms with Crippen LogP contribution in [0.15, 0.2) is 0 Å². The van der Waals surface area contributed by atoms with Crippen molar-refractivity contribution in [2.24, 2.45) is 0 Å². The molecule has 5 nitrogen and oxygen atoms in total. The minimum Gasteiger partial charge on any atom is -0.320 e. The maximum atomic E-state index is 12.0. The van der Waals surface area contributed by atoms with E-state index in [-0.39, 0.29) is 0 Å². The average molecular weight is 269 g/mol. The molecule has 0 bridgehead atoms. The summed E-state index contributed by atoms with van der Waals surface area (Å²) in [4.78, 5) is 0. The SMILES string of the molecule is CNCCCN(C)S(=O)(=O)N(C)CCSC. The zero-order chi connectivity index (χ0) is 12.6. The van der Waals surface area contributed by atoms with E-state index in [0.717, 1.165) is 18.7 Å². The van der Waals surface area contributed by atoms with Gasteiger partial charge in [-0.2, -0.15) is 28.8 Å². The lowest BCUT2D eigenvalue weighted by Crippen LogP contribution is -2.41. The predicted octanol–water partition coefficient (Wildman–Crippen LogP) is 0.0673. The Labute approximate surface area is 104 Å². The second-order valence-electron chi connectivity index (χ2n) is 3.60. The zero-order valence-corrected chi connectivity index (χ0v) is 12.2. The third-order valence-corrected chi connectivity index (χ3v) is 4.83. The van der Waals surface area contributed by atoms with Gasteiger partial charge in [-0.1, -0.05) is 0 Å². The molecule has 1 N–H and O–H groups in total. The fourth-order valence-electron chi connectivity index (χ4n) is 1.17. The smallest absolute Gasteiger partial charge is 0.281 e. The first-order valence-corrected chi connectivity index (χ1v) is 8.07. The van der Waals surface area contributed by atoms with E-state index >= 15 is 0 Å². The maximum absolute atomic E-state index is 12.0. The van der Waals surface area contributed by atoms with Gasteiger partial charge in [0.25, 0.3) is 10.2 Å². The van der Waals surface area contributed by atoms with Crippen LogP contribution in [-0.2, 0) is 10.2 Å². The molecular formula is C9H23N3O2S2. The van der Waals surface area contributed by atoms with E-state index in [4.69, 9.17) is 0 Å². The summed E-state index contributed by atoms with van der Waals surface area (Å²) in [5, 5.41) is 3.00. The molecule has 0 aromatic heterocycles. The van der Waals surface area contributed by atoms with Crippen molar-refractivity contribution in [3.63, 3.8) is 0 Å². The largest absolute Gasteiger partial charge is 0.320 e. The van der Waals surface area contributed by atoms with Crippen LogP contribution in [0.3, 0.4) is 0 Å². The van der Waals surface area contributed by atoms with Crippen LogP contribution in [0.5, 0.6) is 0 Å². The summed E-state index contributed by atoms with van der Waals surface area (Å²) in [6, 6.07) is 0. The average Bonchev–Trinajstić information content (AvgIpc) is 2.25. The highest BCUT2D eigenvalue weighted by Crippen LogP contribution is 2.05. The van der Waals surface area contributed by atoms with Crippen molar-refractivity contribution < 1.29 is 8.42 Å². The Morgan fingerprint density at radius 3 is 2.25 bits per heavy atom. The molecule has 0 aliphatic rings.